The second kappa shape index (κ2) is 7.54. The van der Waals surface area contributed by atoms with E-state index in [-0.39, 0.29) is 6.16 Å². The fourth-order valence-electron chi connectivity index (χ4n) is 1.65. The van der Waals surface area contributed by atoms with Crippen LogP contribution in [0.5, 0.6) is 0 Å². The Hall–Kier alpha value is -1.21. The number of aryl methyl sites for hydroxylation is 1. The minimum Gasteiger partial charge on any atom is -0.481 e. The lowest BCUT2D eigenvalue weighted by molar-refractivity contribution is -0.139. The molecule has 7 nitrogen and oxygen atoms in total. The van der Waals surface area contributed by atoms with Gasteiger partial charge < -0.3 is 15.1 Å². The van der Waals surface area contributed by atoms with E-state index in [1.54, 1.807) is 0 Å². The summed E-state index contributed by atoms with van der Waals surface area (Å²) < 4.78 is 11.9. The minimum atomic E-state index is -3.77. The van der Waals surface area contributed by atoms with Crippen molar-refractivity contribution in [2.45, 2.75) is 25.3 Å². The topological polar surface area (TPSA) is 124 Å². The molecule has 0 saturated heterocycles. The largest absolute Gasteiger partial charge is 0.481 e. The van der Waals surface area contributed by atoms with Crippen LogP contribution in [0.1, 0.15) is 17.7 Å². The Morgan fingerprint density at radius 2 is 1.90 bits per heavy atom. The molecule has 0 spiro atoms. The van der Waals surface area contributed by atoms with E-state index in [0.717, 1.165) is 4.88 Å². The second-order valence-corrected chi connectivity index (χ2v) is 7.42. The third kappa shape index (κ3) is 6.81. The van der Waals surface area contributed by atoms with Gasteiger partial charge in [0.1, 0.15) is 0 Å². The first-order valence-electron chi connectivity index (χ1n) is 5.84. The average Bonchev–Trinajstić information content (AvgIpc) is 2.76. The lowest BCUT2D eigenvalue weighted by Gasteiger charge is -2.19. The van der Waals surface area contributed by atoms with Gasteiger partial charge in [-0.2, -0.15) is 0 Å². The molecule has 0 amide bonds. The molecule has 0 fully saturated rings. The molecule has 1 heterocycles. The zero-order chi connectivity index (χ0) is 15.2. The Morgan fingerprint density at radius 1 is 1.30 bits per heavy atom. The van der Waals surface area contributed by atoms with Crippen LogP contribution in [0.25, 0.3) is 0 Å². The summed E-state index contributed by atoms with van der Waals surface area (Å²) in [5.74, 6) is -2.44. The zero-order valence-corrected chi connectivity index (χ0v) is 12.3. The van der Waals surface area contributed by atoms with Crippen molar-refractivity contribution in [2.24, 2.45) is 0 Å². The summed E-state index contributed by atoms with van der Waals surface area (Å²) in [5, 5.41) is 21.5. The number of thiophene rings is 1. The van der Waals surface area contributed by atoms with Crippen LogP contribution in [0.2, 0.25) is 0 Å². The van der Waals surface area contributed by atoms with Gasteiger partial charge in [-0.15, -0.1) is 11.3 Å². The Morgan fingerprint density at radius 3 is 2.35 bits per heavy atom. The average molecular weight is 321 g/mol. The van der Waals surface area contributed by atoms with Crippen molar-refractivity contribution in [1.29, 1.82) is 0 Å². The van der Waals surface area contributed by atoms with Gasteiger partial charge in [0, 0.05) is 17.1 Å². The van der Waals surface area contributed by atoms with Gasteiger partial charge in [-0.1, -0.05) is 6.07 Å². The van der Waals surface area contributed by atoms with Crippen LogP contribution in [-0.2, 0) is 20.6 Å². The molecule has 0 aliphatic heterocycles. The Kier molecular flexibility index (Phi) is 6.35. The molecule has 112 valence electrons. The predicted octanol–water partition coefficient (Wildman–Crippen LogP) is 1.38. The molecule has 1 atom stereocenters. The summed E-state index contributed by atoms with van der Waals surface area (Å²) in [6, 6.07) is 2.59. The monoisotopic (exact) mass is 321 g/mol. The van der Waals surface area contributed by atoms with E-state index in [1.807, 2.05) is 17.5 Å². The van der Waals surface area contributed by atoms with Crippen LogP contribution in [0.4, 0.5) is 0 Å². The molecule has 0 bridgehead atoms. The molecule has 1 rings (SSSR count). The van der Waals surface area contributed by atoms with Gasteiger partial charge in [0.15, 0.2) is 0 Å². The van der Waals surface area contributed by atoms with Crippen LogP contribution in [0.3, 0.4) is 0 Å². The van der Waals surface area contributed by atoms with Gasteiger partial charge in [0.05, 0.1) is 12.8 Å². The smallest absolute Gasteiger partial charge is 0.304 e. The molecule has 0 saturated carbocycles. The summed E-state index contributed by atoms with van der Waals surface area (Å²) in [4.78, 5) is 31.9. The van der Waals surface area contributed by atoms with E-state index in [0.29, 0.717) is 6.42 Å². The summed E-state index contributed by atoms with van der Waals surface area (Å²) >= 11 is 1.46. The summed E-state index contributed by atoms with van der Waals surface area (Å²) in [7, 11) is -3.77. The molecule has 0 radical (unpaired) electrons. The van der Waals surface area contributed by atoms with Gasteiger partial charge in [0.2, 0.25) is 0 Å². The van der Waals surface area contributed by atoms with Gasteiger partial charge in [-0.05, 0) is 17.9 Å². The number of hydrogen-bond donors (Lipinski definition) is 4. The zero-order valence-electron chi connectivity index (χ0n) is 10.6. The van der Waals surface area contributed by atoms with E-state index in [2.05, 4.69) is 5.09 Å². The molecular formula is C11H16NO6PS. The fourth-order valence-corrected chi connectivity index (χ4v) is 3.94. The van der Waals surface area contributed by atoms with Crippen molar-refractivity contribution in [3.05, 3.63) is 22.4 Å². The van der Waals surface area contributed by atoms with Crippen LogP contribution >= 0.6 is 18.9 Å². The Labute approximate surface area is 119 Å². The molecule has 0 aliphatic rings. The third-order valence-electron chi connectivity index (χ3n) is 2.47. The van der Waals surface area contributed by atoms with Crippen LogP contribution in [-0.4, -0.2) is 39.2 Å². The quantitative estimate of drug-likeness (QED) is 0.506. The number of aliphatic carboxylic acids is 2. The number of carbonyl (C=O) groups is 2. The maximum absolute atomic E-state index is 11.9. The second-order valence-electron chi connectivity index (χ2n) is 4.28. The fraction of sp³-hybridized carbons (Fsp3) is 0.455. The molecule has 1 unspecified atom stereocenters. The lowest BCUT2D eigenvalue weighted by atomic mass is 10.1. The standard InChI is InChI=1S/C11H16NO6PS/c13-10(14)6-8(7-11(15)16)12-19(17,18)4-3-9-2-1-5-20-9/h1-2,5,8H,3-4,6-7H2,(H,13,14)(H,15,16)(H2,12,17,18). The van der Waals surface area contributed by atoms with E-state index < -0.39 is 38.3 Å². The van der Waals surface area contributed by atoms with Crippen molar-refractivity contribution in [3.8, 4) is 0 Å². The van der Waals surface area contributed by atoms with Gasteiger partial charge in [0.25, 0.3) is 7.52 Å². The van der Waals surface area contributed by atoms with Crippen molar-refractivity contribution >= 4 is 30.8 Å². The highest BCUT2D eigenvalue weighted by Gasteiger charge is 2.26. The summed E-state index contributed by atoms with van der Waals surface area (Å²) in [6.07, 6.45) is -0.722. The highest BCUT2D eigenvalue weighted by atomic mass is 32.1. The normalized spacial score (nSPS) is 14.1. The summed E-state index contributed by atoms with van der Waals surface area (Å²) in [6.45, 7) is 0. The van der Waals surface area contributed by atoms with Crippen molar-refractivity contribution < 1.29 is 29.3 Å². The lowest BCUT2D eigenvalue weighted by Crippen LogP contribution is -2.32. The van der Waals surface area contributed by atoms with Crippen molar-refractivity contribution in [1.82, 2.24) is 5.09 Å². The van der Waals surface area contributed by atoms with E-state index in [9.17, 15) is 19.0 Å². The van der Waals surface area contributed by atoms with E-state index in [4.69, 9.17) is 10.2 Å². The number of carboxylic acids is 2. The molecule has 20 heavy (non-hydrogen) atoms. The Balaban J connectivity index is 2.57. The highest BCUT2D eigenvalue weighted by molar-refractivity contribution is 7.55. The van der Waals surface area contributed by atoms with Crippen LogP contribution in [0.15, 0.2) is 17.5 Å². The molecule has 1 aromatic rings. The first kappa shape index (κ1) is 16.8. The van der Waals surface area contributed by atoms with E-state index >= 15 is 0 Å². The number of rotatable bonds is 9. The number of hydrogen-bond acceptors (Lipinski definition) is 4. The minimum absolute atomic E-state index is 0.0662. The Bertz CT molecular complexity index is 487. The van der Waals surface area contributed by atoms with Crippen LogP contribution < -0.4 is 5.09 Å². The van der Waals surface area contributed by atoms with Crippen LogP contribution in [0, 0.1) is 0 Å². The number of carboxylic acid groups (broad SMARTS) is 2. The maximum atomic E-state index is 11.9. The SMILES string of the molecule is O=C(O)CC(CC(=O)O)NP(=O)(O)CCc1cccs1. The van der Waals surface area contributed by atoms with Crippen molar-refractivity contribution in [3.63, 3.8) is 0 Å². The van der Waals surface area contributed by atoms with Gasteiger partial charge in [-0.25, -0.2) is 5.09 Å². The molecule has 4 N–H and O–H groups in total. The first-order valence-corrected chi connectivity index (χ1v) is 8.56. The highest BCUT2D eigenvalue weighted by Crippen LogP contribution is 2.37. The van der Waals surface area contributed by atoms with Crippen molar-refractivity contribution in [2.75, 3.05) is 6.16 Å². The molecule has 9 heteroatoms. The van der Waals surface area contributed by atoms with Gasteiger partial charge >= 0.3 is 11.9 Å². The van der Waals surface area contributed by atoms with Gasteiger partial charge in [-0.3, -0.25) is 14.2 Å². The molecular weight excluding hydrogens is 305 g/mol. The first-order chi connectivity index (χ1) is 9.28. The summed E-state index contributed by atoms with van der Waals surface area (Å²) in [5.41, 5.74) is 0. The predicted molar refractivity (Wildman–Crippen MR) is 74.1 cm³/mol. The number of nitrogens with one attached hydrogen (secondary N) is 1. The molecule has 0 aromatic carbocycles. The third-order valence-corrected chi connectivity index (χ3v) is 5.00. The maximum Gasteiger partial charge on any atom is 0.304 e. The molecule has 0 aliphatic carbocycles. The molecule has 1 aromatic heterocycles. The van der Waals surface area contributed by atoms with E-state index in [1.165, 1.54) is 11.3 Å².